The molecule has 4 nitrogen and oxygen atoms in total. The van der Waals surface area contributed by atoms with Crippen LogP contribution in [0.15, 0.2) is 18.2 Å². The lowest BCUT2D eigenvalue weighted by Gasteiger charge is -2.30. The van der Waals surface area contributed by atoms with E-state index in [9.17, 15) is 13.6 Å². The average molecular weight is 298 g/mol. The standard InChI is InChI=1S/C15H20F2N2O2/c1-10(21-11-4-5-12(16)13(17)8-11)14(20)19-15(9-18)6-2-3-7-15/h4-5,8,10H,2-3,6-7,9,18H2,1H3,(H,19,20). The third-order valence-electron chi connectivity index (χ3n) is 3.91. The molecule has 6 heteroatoms. The lowest BCUT2D eigenvalue weighted by molar-refractivity contribution is -0.129. The van der Waals surface area contributed by atoms with E-state index in [1.54, 1.807) is 6.92 Å². The zero-order valence-electron chi connectivity index (χ0n) is 12.0. The predicted octanol–water partition coefficient (Wildman–Crippen LogP) is 2.12. The molecule has 116 valence electrons. The molecule has 1 aromatic carbocycles. The highest BCUT2D eigenvalue weighted by Gasteiger charge is 2.35. The Morgan fingerprint density at radius 2 is 2.05 bits per heavy atom. The van der Waals surface area contributed by atoms with E-state index in [0.717, 1.165) is 37.8 Å². The van der Waals surface area contributed by atoms with Crippen molar-refractivity contribution in [3.8, 4) is 5.75 Å². The van der Waals surface area contributed by atoms with Crippen LogP contribution in [0.25, 0.3) is 0 Å². The molecule has 1 fully saturated rings. The maximum absolute atomic E-state index is 13.1. The van der Waals surface area contributed by atoms with Crippen LogP contribution in [0.5, 0.6) is 5.75 Å². The van der Waals surface area contributed by atoms with Crippen molar-refractivity contribution in [1.82, 2.24) is 5.32 Å². The lowest BCUT2D eigenvalue weighted by Crippen LogP contribution is -2.54. The summed E-state index contributed by atoms with van der Waals surface area (Å²) in [5, 5.41) is 2.93. The van der Waals surface area contributed by atoms with E-state index in [-0.39, 0.29) is 17.2 Å². The minimum Gasteiger partial charge on any atom is -0.481 e. The van der Waals surface area contributed by atoms with E-state index in [4.69, 9.17) is 10.5 Å². The molecule has 1 aromatic rings. The zero-order chi connectivity index (χ0) is 15.5. The van der Waals surface area contributed by atoms with Crippen LogP contribution in [0.4, 0.5) is 8.78 Å². The number of halogens is 2. The summed E-state index contributed by atoms with van der Waals surface area (Å²) in [6.07, 6.45) is 2.98. The number of hydrogen-bond donors (Lipinski definition) is 2. The van der Waals surface area contributed by atoms with Crippen molar-refractivity contribution in [2.75, 3.05) is 6.54 Å². The second-order valence-corrected chi connectivity index (χ2v) is 5.52. The molecule has 1 aliphatic rings. The van der Waals surface area contributed by atoms with Gasteiger partial charge in [-0.2, -0.15) is 0 Å². The normalized spacial score (nSPS) is 18.3. The first-order chi connectivity index (χ1) is 9.96. The number of benzene rings is 1. The van der Waals surface area contributed by atoms with E-state index in [1.165, 1.54) is 6.07 Å². The number of nitrogens with one attached hydrogen (secondary N) is 1. The minimum atomic E-state index is -1.01. The van der Waals surface area contributed by atoms with Gasteiger partial charge in [0, 0.05) is 12.6 Å². The van der Waals surface area contributed by atoms with E-state index in [0.29, 0.717) is 6.54 Å². The number of hydrogen-bond acceptors (Lipinski definition) is 3. The molecular weight excluding hydrogens is 278 g/mol. The first kappa shape index (κ1) is 15.7. The third-order valence-corrected chi connectivity index (χ3v) is 3.91. The number of rotatable bonds is 5. The van der Waals surface area contributed by atoms with Gasteiger partial charge in [-0.15, -0.1) is 0 Å². The van der Waals surface area contributed by atoms with Gasteiger partial charge in [0.05, 0.1) is 5.54 Å². The third kappa shape index (κ3) is 3.69. The van der Waals surface area contributed by atoms with Crippen molar-refractivity contribution >= 4 is 5.91 Å². The summed E-state index contributed by atoms with van der Waals surface area (Å²) >= 11 is 0. The molecule has 0 aromatic heterocycles. The van der Waals surface area contributed by atoms with Gasteiger partial charge in [0.15, 0.2) is 17.7 Å². The largest absolute Gasteiger partial charge is 0.481 e. The number of carbonyl (C=O) groups is 1. The lowest BCUT2D eigenvalue weighted by atomic mass is 9.97. The molecule has 1 aliphatic carbocycles. The molecule has 0 radical (unpaired) electrons. The summed E-state index contributed by atoms with van der Waals surface area (Å²) in [6.45, 7) is 1.95. The van der Waals surface area contributed by atoms with E-state index in [1.807, 2.05) is 0 Å². The molecule has 0 bridgehead atoms. The van der Waals surface area contributed by atoms with Gasteiger partial charge in [-0.3, -0.25) is 4.79 Å². The predicted molar refractivity (Wildman–Crippen MR) is 74.8 cm³/mol. The Labute approximate surface area is 122 Å². The van der Waals surface area contributed by atoms with Crippen LogP contribution < -0.4 is 15.8 Å². The molecule has 1 unspecified atom stereocenters. The molecule has 1 amide bonds. The highest BCUT2D eigenvalue weighted by Crippen LogP contribution is 2.28. The summed E-state index contributed by atoms with van der Waals surface area (Å²) in [7, 11) is 0. The monoisotopic (exact) mass is 298 g/mol. The number of carbonyl (C=O) groups excluding carboxylic acids is 1. The summed E-state index contributed by atoms with van der Waals surface area (Å²) in [5.41, 5.74) is 5.40. The minimum absolute atomic E-state index is 0.116. The maximum Gasteiger partial charge on any atom is 0.261 e. The summed E-state index contributed by atoms with van der Waals surface area (Å²) in [6, 6.07) is 3.18. The van der Waals surface area contributed by atoms with Gasteiger partial charge in [0.1, 0.15) is 5.75 Å². The Kier molecular flexibility index (Phi) is 4.77. The topological polar surface area (TPSA) is 64.3 Å². The molecule has 3 N–H and O–H groups in total. The Morgan fingerprint density at radius 3 is 2.62 bits per heavy atom. The molecule has 1 saturated carbocycles. The highest BCUT2D eigenvalue weighted by molar-refractivity contribution is 5.81. The van der Waals surface area contributed by atoms with Crippen LogP contribution in [0.2, 0.25) is 0 Å². The van der Waals surface area contributed by atoms with Crippen LogP contribution in [0, 0.1) is 11.6 Å². The number of amides is 1. The van der Waals surface area contributed by atoms with Gasteiger partial charge >= 0.3 is 0 Å². The van der Waals surface area contributed by atoms with Crippen molar-refractivity contribution < 1.29 is 18.3 Å². The van der Waals surface area contributed by atoms with Gasteiger partial charge in [0.25, 0.3) is 5.91 Å². The fourth-order valence-electron chi connectivity index (χ4n) is 2.60. The molecule has 0 spiro atoms. The number of nitrogens with two attached hydrogens (primary N) is 1. The fourth-order valence-corrected chi connectivity index (χ4v) is 2.60. The first-order valence-corrected chi connectivity index (χ1v) is 7.09. The van der Waals surface area contributed by atoms with E-state index < -0.39 is 17.7 Å². The van der Waals surface area contributed by atoms with Gasteiger partial charge < -0.3 is 15.8 Å². The molecule has 21 heavy (non-hydrogen) atoms. The SMILES string of the molecule is CC(Oc1ccc(F)c(F)c1)C(=O)NC1(CN)CCCC1. The summed E-state index contributed by atoms with van der Waals surface area (Å²) in [5.74, 6) is -2.14. The Hall–Kier alpha value is -1.69. The molecule has 0 aliphatic heterocycles. The van der Waals surface area contributed by atoms with Crippen LogP contribution in [-0.2, 0) is 4.79 Å². The molecule has 0 heterocycles. The van der Waals surface area contributed by atoms with Crippen LogP contribution in [0.3, 0.4) is 0 Å². The Morgan fingerprint density at radius 1 is 1.38 bits per heavy atom. The molecular formula is C15H20F2N2O2. The maximum atomic E-state index is 13.1. The zero-order valence-corrected chi connectivity index (χ0v) is 12.0. The van der Waals surface area contributed by atoms with Gasteiger partial charge in [0.2, 0.25) is 0 Å². The van der Waals surface area contributed by atoms with Gasteiger partial charge in [-0.1, -0.05) is 12.8 Å². The van der Waals surface area contributed by atoms with E-state index >= 15 is 0 Å². The van der Waals surface area contributed by atoms with Crippen molar-refractivity contribution in [2.45, 2.75) is 44.2 Å². The van der Waals surface area contributed by atoms with E-state index in [2.05, 4.69) is 5.32 Å². The summed E-state index contributed by atoms with van der Waals surface area (Å²) in [4.78, 5) is 12.2. The van der Waals surface area contributed by atoms with Crippen LogP contribution in [0.1, 0.15) is 32.6 Å². The fraction of sp³-hybridized carbons (Fsp3) is 0.533. The Bertz CT molecular complexity index is 516. The second kappa shape index (κ2) is 6.39. The molecule has 2 rings (SSSR count). The number of ether oxygens (including phenoxy) is 1. The van der Waals surface area contributed by atoms with Gasteiger partial charge in [-0.05, 0) is 31.9 Å². The van der Waals surface area contributed by atoms with Crippen molar-refractivity contribution in [3.05, 3.63) is 29.8 Å². The van der Waals surface area contributed by atoms with Gasteiger partial charge in [-0.25, -0.2) is 8.78 Å². The smallest absolute Gasteiger partial charge is 0.261 e. The quantitative estimate of drug-likeness (QED) is 0.875. The van der Waals surface area contributed by atoms with Crippen molar-refractivity contribution in [2.24, 2.45) is 5.73 Å². The molecule has 0 saturated heterocycles. The second-order valence-electron chi connectivity index (χ2n) is 5.52. The summed E-state index contributed by atoms with van der Waals surface area (Å²) < 4.78 is 31.3. The van der Waals surface area contributed by atoms with Crippen LogP contribution in [-0.4, -0.2) is 24.1 Å². The molecule has 1 atom stereocenters. The van der Waals surface area contributed by atoms with Crippen molar-refractivity contribution in [3.63, 3.8) is 0 Å². The first-order valence-electron chi connectivity index (χ1n) is 7.09. The van der Waals surface area contributed by atoms with Crippen molar-refractivity contribution in [1.29, 1.82) is 0 Å². The Balaban J connectivity index is 1.97. The van der Waals surface area contributed by atoms with Crippen LogP contribution >= 0.6 is 0 Å². The highest BCUT2D eigenvalue weighted by atomic mass is 19.2. The average Bonchev–Trinajstić information content (AvgIpc) is 2.92.